The molecule has 0 bridgehead atoms. The summed E-state index contributed by atoms with van der Waals surface area (Å²) in [5.74, 6) is -1.89. The van der Waals surface area contributed by atoms with Crippen LogP contribution in [-0.4, -0.2) is 34.7 Å². The van der Waals surface area contributed by atoms with Gasteiger partial charge >= 0.3 is 5.69 Å². The number of nitrogens with one attached hydrogen (secondary N) is 1. The average molecular weight is 361 g/mol. The van der Waals surface area contributed by atoms with E-state index in [1.165, 1.54) is 12.3 Å². The van der Waals surface area contributed by atoms with Gasteiger partial charge in [0, 0.05) is 24.8 Å². The van der Waals surface area contributed by atoms with Crippen LogP contribution in [0.5, 0.6) is 0 Å². The Hall–Kier alpha value is -3.23. The summed E-state index contributed by atoms with van der Waals surface area (Å²) in [4.78, 5) is 36.3. The smallest absolute Gasteiger partial charge is 0.306 e. The molecule has 1 fully saturated rings. The predicted octanol–water partition coefficient (Wildman–Crippen LogP) is 2.82. The van der Waals surface area contributed by atoms with Gasteiger partial charge in [0.2, 0.25) is 11.7 Å². The van der Waals surface area contributed by atoms with Gasteiger partial charge in [-0.15, -0.1) is 0 Å². The van der Waals surface area contributed by atoms with Gasteiger partial charge in [-0.3, -0.25) is 19.7 Å². The van der Waals surface area contributed by atoms with E-state index in [4.69, 9.17) is 4.42 Å². The van der Waals surface area contributed by atoms with Gasteiger partial charge in [0.25, 0.3) is 5.91 Å². The molecule has 3 rings (SSSR count). The molecule has 2 aromatic rings. The molecule has 1 saturated heterocycles. The molecule has 1 unspecified atom stereocenters. The molecular formula is C17H16FN3O5. The molecule has 1 aliphatic rings. The first-order valence-electron chi connectivity index (χ1n) is 8.03. The van der Waals surface area contributed by atoms with Gasteiger partial charge in [0.1, 0.15) is 0 Å². The van der Waals surface area contributed by atoms with Crippen molar-refractivity contribution >= 4 is 23.2 Å². The van der Waals surface area contributed by atoms with Crippen LogP contribution >= 0.6 is 0 Å². The standard InChI is InChI=1S/C17H16FN3O5/c18-13-6-5-12(9-14(13)21(24)25)19-16(22)11-3-1-7-20(10-11)17(23)15-4-2-8-26-15/h2,4-6,8-9,11H,1,3,7,10H2,(H,19,22). The zero-order valence-electron chi connectivity index (χ0n) is 13.7. The maximum Gasteiger partial charge on any atom is 0.306 e. The molecule has 0 aliphatic carbocycles. The van der Waals surface area contributed by atoms with Crippen LogP contribution in [0.2, 0.25) is 0 Å². The number of halogens is 1. The molecule has 136 valence electrons. The minimum Gasteiger partial charge on any atom is -0.459 e. The molecule has 9 heteroatoms. The highest BCUT2D eigenvalue weighted by Gasteiger charge is 2.30. The van der Waals surface area contributed by atoms with Crippen molar-refractivity contribution in [2.75, 3.05) is 18.4 Å². The Morgan fingerprint density at radius 2 is 2.15 bits per heavy atom. The van der Waals surface area contributed by atoms with Crippen LogP contribution in [-0.2, 0) is 4.79 Å². The number of anilines is 1. The molecule has 1 atom stereocenters. The first-order valence-corrected chi connectivity index (χ1v) is 8.03. The molecule has 26 heavy (non-hydrogen) atoms. The van der Waals surface area contributed by atoms with E-state index in [1.54, 1.807) is 17.0 Å². The Kier molecular flexibility index (Phi) is 4.97. The minimum absolute atomic E-state index is 0.137. The van der Waals surface area contributed by atoms with Crippen molar-refractivity contribution in [1.29, 1.82) is 0 Å². The first kappa shape index (κ1) is 17.6. The predicted molar refractivity (Wildman–Crippen MR) is 89.0 cm³/mol. The lowest BCUT2D eigenvalue weighted by atomic mass is 9.96. The first-order chi connectivity index (χ1) is 12.5. The summed E-state index contributed by atoms with van der Waals surface area (Å²) in [7, 11) is 0. The molecule has 2 amide bonds. The van der Waals surface area contributed by atoms with E-state index in [0.717, 1.165) is 12.1 Å². The second-order valence-corrected chi connectivity index (χ2v) is 5.98. The second-order valence-electron chi connectivity index (χ2n) is 5.98. The summed E-state index contributed by atoms with van der Waals surface area (Å²) in [5, 5.41) is 13.3. The van der Waals surface area contributed by atoms with E-state index in [0.29, 0.717) is 19.4 Å². The number of benzene rings is 1. The fraction of sp³-hybridized carbons (Fsp3) is 0.294. The molecule has 8 nitrogen and oxygen atoms in total. The number of furan rings is 1. The number of carbonyl (C=O) groups is 2. The third-order valence-corrected chi connectivity index (χ3v) is 4.22. The number of nitro groups is 1. The number of carbonyl (C=O) groups excluding carboxylic acids is 2. The Morgan fingerprint density at radius 3 is 2.85 bits per heavy atom. The zero-order chi connectivity index (χ0) is 18.7. The second kappa shape index (κ2) is 7.34. The molecule has 0 spiro atoms. The average Bonchev–Trinajstić information content (AvgIpc) is 3.17. The molecule has 1 N–H and O–H groups in total. The minimum atomic E-state index is -0.971. The van der Waals surface area contributed by atoms with Gasteiger partial charge in [-0.2, -0.15) is 4.39 Å². The highest BCUT2D eigenvalue weighted by Crippen LogP contribution is 2.24. The summed E-state index contributed by atoms with van der Waals surface area (Å²) in [5.41, 5.74) is -0.571. The number of hydrogen-bond donors (Lipinski definition) is 1. The fourth-order valence-electron chi connectivity index (χ4n) is 2.91. The summed E-state index contributed by atoms with van der Waals surface area (Å²) in [6, 6.07) is 6.34. The lowest BCUT2D eigenvalue weighted by Gasteiger charge is -2.31. The fourth-order valence-corrected chi connectivity index (χ4v) is 2.91. The molecule has 2 heterocycles. The molecular weight excluding hydrogens is 345 g/mol. The van der Waals surface area contributed by atoms with E-state index >= 15 is 0 Å². The van der Waals surface area contributed by atoms with Gasteiger partial charge in [-0.05, 0) is 37.1 Å². The van der Waals surface area contributed by atoms with Crippen LogP contribution in [0.25, 0.3) is 0 Å². The van der Waals surface area contributed by atoms with E-state index in [9.17, 15) is 24.1 Å². The summed E-state index contributed by atoms with van der Waals surface area (Å²) >= 11 is 0. The molecule has 0 radical (unpaired) electrons. The monoisotopic (exact) mass is 361 g/mol. The van der Waals surface area contributed by atoms with Gasteiger partial charge in [-0.25, -0.2) is 0 Å². The maximum atomic E-state index is 13.4. The lowest BCUT2D eigenvalue weighted by molar-refractivity contribution is -0.387. The summed E-state index contributed by atoms with van der Waals surface area (Å²) < 4.78 is 18.5. The van der Waals surface area contributed by atoms with Crippen LogP contribution < -0.4 is 5.32 Å². The van der Waals surface area contributed by atoms with Gasteiger partial charge in [-0.1, -0.05) is 0 Å². The Balaban J connectivity index is 1.67. The Morgan fingerprint density at radius 1 is 1.35 bits per heavy atom. The quantitative estimate of drug-likeness (QED) is 0.666. The van der Waals surface area contributed by atoms with Crippen LogP contribution in [0.1, 0.15) is 23.4 Å². The van der Waals surface area contributed by atoms with Crippen molar-refractivity contribution in [2.45, 2.75) is 12.8 Å². The number of amides is 2. The highest BCUT2D eigenvalue weighted by molar-refractivity contribution is 5.95. The van der Waals surface area contributed by atoms with Crippen LogP contribution in [0.3, 0.4) is 0 Å². The van der Waals surface area contributed by atoms with Crippen molar-refractivity contribution in [1.82, 2.24) is 4.90 Å². The van der Waals surface area contributed by atoms with Crippen LogP contribution in [0.4, 0.5) is 15.8 Å². The van der Waals surface area contributed by atoms with Gasteiger partial charge < -0.3 is 14.6 Å². The number of rotatable bonds is 4. The van der Waals surface area contributed by atoms with E-state index in [1.807, 2.05) is 0 Å². The molecule has 0 saturated carbocycles. The highest BCUT2D eigenvalue weighted by atomic mass is 19.1. The largest absolute Gasteiger partial charge is 0.459 e. The van der Waals surface area contributed by atoms with Crippen LogP contribution in [0.15, 0.2) is 41.0 Å². The van der Waals surface area contributed by atoms with E-state index < -0.39 is 22.3 Å². The molecule has 1 aromatic carbocycles. The third kappa shape index (κ3) is 3.71. The van der Waals surface area contributed by atoms with Crippen molar-refractivity contribution in [3.63, 3.8) is 0 Å². The van der Waals surface area contributed by atoms with Gasteiger partial charge in [0.15, 0.2) is 5.76 Å². The lowest BCUT2D eigenvalue weighted by Crippen LogP contribution is -2.43. The number of nitrogens with zero attached hydrogens (tertiary/aromatic N) is 2. The van der Waals surface area contributed by atoms with E-state index in [-0.39, 0.29) is 29.8 Å². The summed E-state index contributed by atoms with van der Waals surface area (Å²) in [6.45, 7) is 0.736. The molecule has 1 aliphatic heterocycles. The number of likely N-dealkylation sites (tertiary alicyclic amines) is 1. The van der Waals surface area contributed by atoms with Gasteiger partial charge in [0.05, 0.1) is 17.1 Å². The Labute approximate surface area is 147 Å². The Bertz CT molecular complexity index is 837. The van der Waals surface area contributed by atoms with Crippen molar-refractivity contribution in [3.8, 4) is 0 Å². The molecule has 1 aromatic heterocycles. The number of hydrogen-bond acceptors (Lipinski definition) is 5. The van der Waals surface area contributed by atoms with Crippen molar-refractivity contribution < 1.29 is 23.3 Å². The number of piperidine rings is 1. The van der Waals surface area contributed by atoms with Crippen molar-refractivity contribution in [3.05, 3.63) is 58.3 Å². The number of nitro benzene ring substituents is 1. The van der Waals surface area contributed by atoms with Crippen molar-refractivity contribution in [2.24, 2.45) is 5.92 Å². The third-order valence-electron chi connectivity index (χ3n) is 4.22. The normalized spacial score (nSPS) is 17.0. The summed E-state index contributed by atoms with van der Waals surface area (Å²) in [6.07, 6.45) is 2.63. The SMILES string of the molecule is O=C(Nc1ccc(F)c([N+](=O)[O-])c1)C1CCCN(C(=O)c2ccco2)C1. The topological polar surface area (TPSA) is 106 Å². The maximum absolute atomic E-state index is 13.4. The zero-order valence-corrected chi connectivity index (χ0v) is 13.7. The van der Waals surface area contributed by atoms with E-state index in [2.05, 4.69) is 5.32 Å². The van der Waals surface area contributed by atoms with Crippen LogP contribution in [0, 0.1) is 21.8 Å².